The molecule has 1 saturated heterocycles. The van der Waals surface area contributed by atoms with Gasteiger partial charge in [-0.25, -0.2) is 4.98 Å². The molecule has 2 aliphatic rings. The monoisotopic (exact) mass is 353 g/mol. The highest BCUT2D eigenvalue weighted by Crippen LogP contribution is 2.35. The van der Waals surface area contributed by atoms with Crippen LogP contribution < -0.4 is 19.7 Å². The molecule has 0 saturated carbocycles. The highest BCUT2D eigenvalue weighted by molar-refractivity contribution is 5.48. The number of para-hydroxylation sites is 1. The van der Waals surface area contributed by atoms with Crippen LogP contribution in [-0.4, -0.2) is 24.9 Å². The number of hydrogen-bond acceptors (Lipinski definition) is 5. The molecule has 4 rings (SSSR count). The summed E-state index contributed by atoms with van der Waals surface area (Å²) >= 11 is 0. The first-order valence-corrected chi connectivity index (χ1v) is 9.39. The highest BCUT2D eigenvalue weighted by Gasteiger charge is 2.26. The molecule has 1 aromatic carbocycles. The first-order valence-electron chi connectivity index (χ1n) is 9.39. The Kier molecular flexibility index (Phi) is 4.72. The number of nitrogens with zero attached hydrogens (tertiary/aromatic N) is 2. The van der Waals surface area contributed by atoms with Crippen molar-refractivity contribution in [2.75, 3.05) is 24.8 Å². The maximum Gasteiger partial charge on any atom is 0.231 e. The lowest BCUT2D eigenvalue weighted by molar-refractivity contribution is 0.173. The second-order valence-corrected chi connectivity index (χ2v) is 7.93. The Morgan fingerprint density at radius 2 is 1.96 bits per heavy atom. The van der Waals surface area contributed by atoms with Crippen molar-refractivity contribution in [1.29, 1.82) is 0 Å². The molecule has 0 bridgehead atoms. The minimum atomic E-state index is 0.312. The van der Waals surface area contributed by atoms with E-state index < -0.39 is 0 Å². The molecule has 0 atom stereocenters. The summed E-state index contributed by atoms with van der Waals surface area (Å²) in [6, 6.07) is 10.3. The van der Waals surface area contributed by atoms with Gasteiger partial charge in [0.25, 0.3) is 0 Å². The van der Waals surface area contributed by atoms with Gasteiger partial charge in [-0.2, -0.15) is 0 Å². The molecule has 1 N–H and O–H groups in total. The Balaban J connectivity index is 1.35. The van der Waals surface area contributed by atoms with Crippen molar-refractivity contribution in [3.63, 3.8) is 0 Å². The third kappa shape index (κ3) is 3.78. The van der Waals surface area contributed by atoms with Crippen LogP contribution in [0.25, 0.3) is 0 Å². The third-order valence-corrected chi connectivity index (χ3v) is 5.37. The van der Waals surface area contributed by atoms with Crippen LogP contribution in [0.15, 0.2) is 36.5 Å². The van der Waals surface area contributed by atoms with E-state index in [0.29, 0.717) is 12.2 Å². The van der Waals surface area contributed by atoms with Crippen molar-refractivity contribution in [3.05, 3.63) is 47.7 Å². The van der Waals surface area contributed by atoms with E-state index in [9.17, 15) is 0 Å². The normalized spacial score (nSPS) is 18.2. The number of pyridine rings is 1. The van der Waals surface area contributed by atoms with Crippen molar-refractivity contribution in [3.8, 4) is 11.5 Å². The molecule has 26 heavy (non-hydrogen) atoms. The highest BCUT2D eigenvalue weighted by atomic mass is 16.7. The van der Waals surface area contributed by atoms with E-state index in [0.717, 1.165) is 49.1 Å². The molecule has 2 aliphatic heterocycles. The van der Waals surface area contributed by atoms with E-state index in [4.69, 9.17) is 9.47 Å². The maximum absolute atomic E-state index is 5.57. The molecular weight excluding hydrogens is 326 g/mol. The van der Waals surface area contributed by atoms with Gasteiger partial charge in [-0.05, 0) is 42.0 Å². The van der Waals surface area contributed by atoms with Crippen LogP contribution in [0.5, 0.6) is 11.5 Å². The minimum Gasteiger partial charge on any atom is -0.454 e. The van der Waals surface area contributed by atoms with E-state index >= 15 is 0 Å². The van der Waals surface area contributed by atoms with Crippen LogP contribution in [0.3, 0.4) is 0 Å². The summed E-state index contributed by atoms with van der Waals surface area (Å²) < 4.78 is 11.0. The quantitative estimate of drug-likeness (QED) is 0.887. The Morgan fingerprint density at radius 1 is 1.12 bits per heavy atom. The van der Waals surface area contributed by atoms with Gasteiger partial charge >= 0.3 is 0 Å². The standard InChI is InChI=1S/C21H27N3O2/c1-21(2)7-10-24(11-8-21)19-12-16(6-9-23-19)13-22-14-17-4-3-5-18-20(17)26-15-25-18/h3-6,9,12,22H,7-8,10-11,13-15H2,1-2H3. The van der Waals surface area contributed by atoms with E-state index in [-0.39, 0.29) is 0 Å². The van der Waals surface area contributed by atoms with Crippen LogP contribution in [0, 0.1) is 5.41 Å². The molecule has 0 aliphatic carbocycles. The zero-order valence-corrected chi connectivity index (χ0v) is 15.6. The average molecular weight is 353 g/mol. The predicted molar refractivity (Wildman–Crippen MR) is 103 cm³/mol. The van der Waals surface area contributed by atoms with Crippen LogP contribution in [-0.2, 0) is 13.1 Å². The van der Waals surface area contributed by atoms with Crippen molar-refractivity contribution >= 4 is 5.82 Å². The molecule has 0 spiro atoms. The van der Waals surface area contributed by atoms with Crippen LogP contribution >= 0.6 is 0 Å². The summed E-state index contributed by atoms with van der Waals surface area (Å²) in [6.07, 6.45) is 4.36. The number of ether oxygens (including phenoxy) is 2. The molecule has 5 heteroatoms. The number of hydrogen-bond donors (Lipinski definition) is 1. The Labute approximate surface area is 155 Å². The molecule has 3 heterocycles. The zero-order chi connectivity index (χ0) is 18.0. The maximum atomic E-state index is 5.57. The third-order valence-electron chi connectivity index (χ3n) is 5.37. The van der Waals surface area contributed by atoms with E-state index in [1.54, 1.807) is 0 Å². The molecule has 5 nitrogen and oxygen atoms in total. The largest absolute Gasteiger partial charge is 0.454 e. The summed E-state index contributed by atoms with van der Waals surface area (Å²) in [5.74, 6) is 2.80. The SMILES string of the molecule is CC1(C)CCN(c2cc(CNCc3cccc4c3OCO4)ccn2)CC1. The van der Waals surface area contributed by atoms with Crippen molar-refractivity contribution in [2.45, 2.75) is 39.8 Å². The second kappa shape index (κ2) is 7.16. The first-order chi connectivity index (χ1) is 12.6. The molecule has 0 amide bonds. The van der Waals surface area contributed by atoms with Crippen molar-refractivity contribution in [1.82, 2.24) is 10.3 Å². The number of piperidine rings is 1. The molecule has 0 unspecified atom stereocenters. The zero-order valence-electron chi connectivity index (χ0n) is 15.6. The van der Waals surface area contributed by atoms with Gasteiger partial charge in [0.15, 0.2) is 11.5 Å². The molecule has 1 aromatic heterocycles. The summed E-state index contributed by atoms with van der Waals surface area (Å²) in [6.45, 7) is 8.75. The predicted octanol–water partition coefficient (Wildman–Crippen LogP) is 3.73. The Hall–Kier alpha value is -2.27. The van der Waals surface area contributed by atoms with Gasteiger partial charge in [0, 0.05) is 37.9 Å². The molecule has 1 fully saturated rings. The number of aromatic nitrogens is 1. The fourth-order valence-electron chi connectivity index (χ4n) is 3.56. The molecule has 2 aromatic rings. The van der Waals surface area contributed by atoms with Gasteiger partial charge in [-0.15, -0.1) is 0 Å². The van der Waals surface area contributed by atoms with Crippen LogP contribution in [0.4, 0.5) is 5.82 Å². The lowest BCUT2D eigenvalue weighted by atomic mass is 9.83. The summed E-state index contributed by atoms with van der Waals surface area (Å²) in [7, 11) is 0. The lowest BCUT2D eigenvalue weighted by Crippen LogP contribution is -2.37. The Morgan fingerprint density at radius 3 is 2.81 bits per heavy atom. The van der Waals surface area contributed by atoms with E-state index in [1.807, 2.05) is 18.3 Å². The topological polar surface area (TPSA) is 46.6 Å². The van der Waals surface area contributed by atoms with Crippen molar-refractivity contribution < 1.29 is 9.47 Å². The smallest absolute Gasteiger partial charge is 0.231 e. The van der Waals surface area contributed by atoms with Crippen LogP contribution in [0.2, 0.25) is 0 Å². The summed E-state index contributed by atoms with van der Waals surface area (Å²) in [4.78, 5) is 6.99. The number of anilines is 1. The number of rotatable bonds is 5. The first kappa shape index (κ1) is 17.2. The Bertz CT molecular complexity index is 766. The average Bonchev–Trinajstić information content (AvgIpc) is 3.12. The van der Waals surface area contributed by atoms with Gasteiger partial charge in [-0.3, -0.25) is 0 Å². The van der Waals surface area contributed by atoms with Crippen molar-refractivity contribution in [2.24, 2.45) is 5.41 Å². The second-order valence-electron chi connectivity index (χ2n) is 7.93. The minimum absolute atomic E-state index is 0.312. The number of benzene rings is 1. The number of fused-ring (bicyclic) bond motifs is 1. The van der Waals surface area contributed by atoms with E-state index in [2.05, 4.69) is 47.2 Å². The molecule has 0 radical (unpaired) electrons. The molecule has 138 valence electrons. The molecular formula is C21H27N3O2. The fraction of sp³-hybridized carbons (Fsp3) is 0.476. The van der Waals surface area contributed by atoms with Gasteiger partial charge in [-0.1, -0.05) is 26.0 Å². The summed E-state index contributed by atoms with van der Waals surface area (Å²) in [5.41, 5.74) is 2.84. The van der Waals surface area contributed by atoms with Gasteiger partial charge < -0.3 is 19.7 Å². The fourth-order valence-corrected chi connectivity index (χ4v) is 3.56. The van der Waals surface area contributed by atoms with Gasteiger partial charge in [0.05, 0.1) is 0 Å². The van der Waals surface area contributed by atoms with Gasteiger partial charge in [0.1, 0.15) is 5.82 Å². The van der Waals surface area contributed by atoms with Crippen LogP contribution in [0.1, 0.15) is 37.8 Å². The van der Waals surface area contributed by atoms with E-state index in [1.165, 1.54) is 18.4 Å². The lowest BCUT2D eigenvalue weighted by Gasteiger charge is -2.37. The number of nitrogens with one attached hydrogen (secondary N) is 1. The van der Waals surface area contributed by atoms with Gasteiger partial charge in [0.2, 0.25) is 6.79 Å². The summed E-state index contributed by atoms with van der Waals surface area (Å²) in [5, 5.41) is 3.51.